The van der Waals surface area contributed by atoms with Gasteiger partial charge < -0.3 is 15.3 Å². The number of carboxylic acids is 1. The number of carboxylic acid groups (broad SMARTS) is 1. The summed E-state index contributed by atoms with van der Waals surface area (Å²) in [4.78, 5) is 28.1. The molecule has 21 heavy (non-hydrogen) atoms. The van der Waals surface area contributed by atoms with Crippen molar-refractivity contribution in [3.63, 3.8) is 0 Å². The van der Waals surface area contributed by atoms with Crippen molar-refractivity contribution in [2.45, 2.75) is 39.2 Å². The first-order valence-electron chi connectivity index (χ1n) is 7.27. The zero-order valence-electron chi connectivity index (χ0n) is 12.4. The second-order valence-electron chi connectivity index (χ2n) is 4.81. The maximum absolute atomic E-state index is 12.0. The highest BCUT2D eigenvalue weighted by Gasteiger charge is 2.11. The number of nitrogens with one attached hydrogen (secondary N) is 1. The van der Waals surface area contributed by atoms with E-state index in [1.807, 2.05) is 19.1 Å². The molecule has 0 aromatic carbocycles. The van der Waals surface area contributed by atoms with Crippen molar-refractivity contribution in [3.05, 3.63) is 30.1 Å². The molecule has 2 N–H and O–H groups in total. The molecule has 116 valence electrons. The maximum Gasteiger partial charge on any atom is 0.317 e. The second kappa shape index (κ2) is 9.74. The summed E-state index contributed by atoms with van der Waals surface area (Å²) < 4.78 is 0. The highest BCUT2D eigenvalue weighted by atomic mass is 16.4. The average molecular weight is 293 g/mol. The number of hydrogen-bond acceptors (Lipinski definition) is 3. The predicted molar refractivity (Wildman–Crippen MR) is 79.8 cm³/mol. The third-order valence-electron chi connectivity index (χ3n) is 3.14. The summed E-state index contributed by atoms with van der Waals surface area (Å²) in [6.07, 6.45) is 5.87. The van der Waals surface area contributed by atoms with Gasteiger partial charge in [-0.05, 0) is 37.5 Å². The predicted octanol–water partition coefficient (Wildman–Crippen LogP) is 2.26. The van der Waals surface area contributed by atoms with E-state index in [4.69, 9.17) is 5.11 Å². The number of carbonyl (C=O) groups excluding carboxylic acids is 1. The van der Waals surface area contributed by atoms with Gasteiger partial charge in [0.15, 0.2) is 0 Å². The van der Waals surface area contributed by atoms with Crippen molar-refractivity contribution < 1.29 is 14.7 Å². The number of unbranched alkanes of at least 4 members (excludes halogenated alkanes) is 2. The van der Waals surface area contributed by atoms with E-state index in [-0.39, 0.29) is 12.5 Å². The number of pyridine rings is 1. The zero-order chi connectivity index (χ0) is 15.5. The Hall–Kier alpha value is -2.11. The molecule has 0 atom stereocenters. The van der Waals surface area contributed by atoms with Gasteiger partial charge in [0.1, 0.15) is 0 Å². The van der Waals surface area contributed by atoms with Crippen molar-refractivity contribution in [1.29, 1.82) is 0 Å². The Morgan fingerprint density at radius 2 is 1.95 bits per heavy atom. The van der Waals surface area contributed by atoms with Gasteiger partial charge in [-0.3, -0.25) is 9.78 Å². The number of rotatable bonds is 9. The Kier molecular flexibility index (Phi) is 7.86. The van der Waals surface area contributed by atoms with Crippen LogP contribution in [0.15, 0.2) is 24.5 Å². The van der Waals surface area contributed by atoms with Crippen LogP contribution < -0.4 is 5.32 Å². The van der Waals surface area contributed by atoms with Crippen LogP contribution in [0.2, 0.25) is 0 Å². The number of carbonyl (C=O) groups is 2. The Bertz CT molecular complexity index is 437. The van der Waals surface area contributed by atoms with Gasteiger partial charge in [0.05, 0.1) is 0 Å². The Morgan fingerprint density at radius 3 is 2.57 bits per heavy atom. The van der Waals surface area contributed by atoms with Crippen molar-refractivity contribution in [2.75, 3.05) is 13.1 Å². The fourth-order valence-electron chi connectivity index (χ4n) is 1.92. The standard InChI is InChI=1S/C15H23N3O3/c1-2-18(12-13-7-10-16-11-8-13)15(21)17-9-5-3-4-6-14(19)20/h7-8,10-11H,2-6,9,12H2,1H3,(H,17,21)(H,19,20). The van der Waals surface area contributed by atoms with Crippen LogP contribution in [0.25, 0.3) is 0 Å². The number of nitrogens with zero attached hydrogens (tertiary/aromatic N) is 2. The lowest BCUT2D eigenvalue weighted by atomic mass is 10.2. The quantitative estimate of drug-likeness (QED) is 0.684. The van der Waals surface area contributed by atoms with Gasteiger partial charge in [0, 0.05) is 38.4 Å². The summed E-state index contributed by atoms with van der Waals surface area (Å²) in [5, 5.41) is 11.4. The van der Waals surface area contributed by atoms with E-state index < -0.39 is 5.97 Å². The van der Waals surface area contributed by atoms with E-state index in [1.165, 1.54) is 0 Å². The molecule has 0 aliphatic carbocycles. The van der Waals surface area contributed by atoms with Crippen LogP contribution in [0, 0.1) is 0 Å². The molecule has 0 unspecified atom stereocenters. The third kappa shape index (κ3) is 7.29. The minimum atomic E-state index is -0.770. The van der Waals surface area contributed by atoms with Crippen LogP contribution in [0.4, 0.5) is 4.79 Å². The fraction of sp³-hybridized carbons (Fsp3) is 0.533. The van der Waals surface area contributed by atoms with Gasteiger partial charge in [0.2, 0.25) is 0 Å². The van der Waals surface area contributed by atoms with Crippen molar-refractivity contribution >= 4 is 12.0 Å². The van der Waals surface area contributed by atoms with Gasteiger partial charge in [-0.2, -0.15) is 0 Å². The zero-order valence-corrected chi connectivity index (χ0v) is 12.4. The normalized spacial score (nSPS) is 10.1. The molecule has 6 nitrogen and oxygen atoms in total. The number of aliphatic carboxylic acids is 1. The van der Waals surface area contributed by atoms with E-state index in [9.17, 15) is 9.59 Å². The first-order chi connectivity index (χ1) is 10.1. The van der Waals surface area contributed by atoms with E-state index in [0.717, 1.165) is 18.4 Å². The summed E-state index contributed by atoms with van der Waals surface area (Å²) in [5.41, 5.74) is 1.04. The highest BCUT2D eigenvalue weighted by molar-refractivity contribution is 5.74. The molecule has 0 spiro atoms. The summed E-state index contributed by atoms with van der Waals surface area (Å²) in [5.74, 6) is -0.770. The lowest BCUT2D eigenvalue weighted by Gasteiger charge is -2.21. The van der Waals surface area contributed by atoms with E-state index in [0.29, 0.717) is 26.1 Å². The Morgan fingerprint density at radius 1 is 1.24 bits per heavy atom. The summed E-state index contributed by atoms with van der Waals surface area (Å²) in [6, 6.07) is 3.69. The lowest BCUT2D eigenvalue weighted by Crippen LogP contribution is -2.39. The number of amides is 2. The minimum absolute atomic E-state index is 0.0902. The van der Waals surface area contributed by atoms with Crippen molar-refractivity contribution in [3.8, 4) is 0 Å². The first kappa shape index (κ1) is 16.9. The molecule has 0 saturated carbocycles. The number of aromatic nitrogens is 1. The molecule has 0 saturated heterocycles. The molecule has 1 aromatic rings. The fourth-order valence-corrected chi connectivity index (χ4v) is 1.92. The van der Waals surface area contributed by atoms with Gasteiger partial charge in [-0.15, -0.1) is 0 Å². The molecule has 1 rings (SSSR count). The topological polar surface area (TPSA) is 82.5 Å². The maximum atomic E-state index is 12.0. The highest BCUT2D eigenvalue weighted by Crippen LogP contribution is 2.04. The largest absolute Gasteiger partial charge is 0.481 e. The SMILES string of the molecule is CCN(Cc1ccncc1)C(=O)NCCCCCC(=O)O. The van der Waals surface area contributed by atoms with E-state index in [1.54, 1.807) is 17.3 Å². The molecule has 1 aromatic heterocycles. The third-order valence-corrected chi connectivity index (χ3v) is 3.14. The average Bonchev–Trinajstić information content (AvgIpc) is 2.48. The van der Waals surface area contributed by atoms with Crippen molar-refractivity contribution in [1.82, 2.24) is 15.2 Å². The van der Waals surface area contributed by atoms with Gasteiger partial charge in [0.25, 0.3) is 0 Å². The van der Waals surface area contributed by atoms with E-state index >= 15 is 0 Å². The first-order valence-corrected chi connectivity index (χ1v) is 7.27. The van der Waals surface area contributed by atoms with Gasteiger partial charge in [-0.1, -0.05) is 6.42 Å². The lowest BCUT2D eigenvalue weighted by molar-refractivity contribution is -0.137. The summed E-state index contributed by atoms with van der Waals surface area (Å²) >= 11 is 0. The molecule has 0 bridgehead atoms. The van der Waals surface area contributed by atoms with Crippen LogP contribution >= 0.6 is 0 Å². The molecule has 0 aliphatic rings. The number of urea groups is 1. The van der Waals surface area contributed by atoms with Crippen LogP contribution in [-0.4, -0.2) is 40.1 Å². The molecule has 6 heteroatoms. The molecule has 1 heterocycles. The minimum Gasteiger partial charge on any atom is -0.481 e. The second-order valence-corrected chi connectivity index (χ2v) is 4.81. The Balaban J connectivity index is 2.24. The van der Waals surface area contributed by atoms with Gasteiger partial charge >= 0.3 is 12.0 Å². The van der Waals surface area contributed by atoms with Crippen LogP contribution in [0.5, 0.6) is 0 Å². The van der Waals surface area contributed by atoms with Crippen LogP contribution in [0.3, 0.4) is 0 Å². The molecule has 0 aliphatic heterocycles. The molecule has 0 radical (unpaired) electrons. The van der Waals surface area contributed by atoms with E-state index in [2.05, 4.69) is 10.3 Å². The Labute approximate surface area is 125 Å². The van der Waals surface area contributed by atoms with Crippen LogP contribution in [0.1, 0.15) is 38.2 Å². The van der Waals surface area contributed by atoms with Crippen molar-refractivity contribution in [2.24, 2.45) is 0 Å². The van der Waals surface area contributed by atoms with Gasteiger partial charge in [-0.25, -0.2) is 4.79 Å². The van der Waals surface area contributed by atoms with Crippen LogP contribution in [-0.2, 0) is 11.3 Å². The molecular weight excluding hydrogens is 270 g/mol. The summed E-state index contributed by atoms with van der Waals surface area (Å²) in [6.45, 7) is 3.70. The number of hydrogen-bond donors (Lipinski definition) is 2. The smallest absolute Gasteiger partial charge is 0.317 e. The summed E-state index contributed by atoms with van der Waals surface area (Å²) in [7, 11) is 0. The molecular formula is C15H23N3O3. The monoisotopic (exact) mass is 293 g/mol. The molecule has 2 amide bonds. The molecule has 0 fully saturated rings.